The Bertz CT molecular complexity index is 1260. The maximum absolute atomic E-state index is 12.7. The quantitative estimate of drug-likeness (QED) is 0.476. The lowest BCUT2D eigenvalue weighted by Crippen LogP contribution is -2.11. The summed E-state index contributed by atoms with van der Waals surface area (Å²) in [5.41, 5.74) is 3.98. The van der Waals surface area contributed by atoms with E-state index < -0.39 is 0 Å². The van der Waals surface area contributed by atoms with E-state index in [2.05, 4.69) is 48.1 Å². The molecule has 0 atom stereocenters. The van der Waals surface area contributed by atoms with E-state index in [9.17, 15) is 4.79 Å². The first-order chi connectivity index (χ1) is 15.2. The van der Waals surface area contributed by atoms with E-state index in [1.54, 1.807) is 35.6 Å². The van der Waals surface area contributed by atoms with E-state index in [4.69, 9.17) is 0 Å². The molecule has 2 heterocycles. The number of benzene rings is 2. The maximum Gasteiger partial charge on any atom is 0.255 e. The van der Waals surface area contributed by atoms with E-state index in [-0.39, 0.29) is 5.91 Å². The molecule has 0 radical (unpaired) electrons. The molecule has 0 aliphatic heterocycles. The Hall–Kier alpha value is -3.83. The van der Waals surface area contributed by atoms with Crippen molar-refractivity contribution >= 4 is 22.9 Å². The molecule has 2 N–H and O–H groups in total. The summed E-state index contributed by atoms with van der Waals surface area (Å²) in [5, 5.41) is 19.7. The fraction of sp³-hybridized carbons (Fsp3) is 0.174. The summed E-state index contributed by atoms with van der Waals surface area (Å²) < 4.78 is 0. The molecule has 0 saturated heterocycles. The molecule has 7 nitrogen and oxygen atoms in total. The number of carbonyl (C=O) groups excluding carboxylic acids is 1. The SMILES string of the molecule is O=C(Nc1ccc(-c2nn[nH]n2)cc1)c1cccc(C#Cc2nc(C3CCC3)cs2)c1. The lowest BCUT2D eigenvalue weighted by atomic mass is 9.83. The smallest absolute Gasteiger partial charge is 0.255 e. The Balaban J connectivity index is 1.26. The molecule has 0 spiro atoms. The van der Waals surface area contributed by atoms with E-state index in [0.717, 1.165) is 16.1 Å². The van der Waals surface area contributed by atoms with E-state index in [0.29, 0.717) is 23.0 Å². The van der Waals surface area contributed by atoms with Crippen LogP contribution in [0.5, 0.6) is 0 Å². The second-order valence-electron chi connectivity index (χ2n) is 7.30. The van der Waals surface area contributed by atoms with Crippen LogP contribution in [0, 0.1) is 11.8 Å². The van der Waals surface area contributed by atoms with Crippen LogP contribution in [-0.2, 0) is 0 Å². The minimum absolute atomic E-state index is 0.197. The summed E-state index contributed by atoms with van der Waals surface area (Å²) in [5.74, 6) is 7.17. The van der Waals surface area contributed by atoms with Gasteiger partial charge in [0.1, 0.15) is 0 Å². The summed E-state index contributed by atoms with van der Waals surface area (Å²) in [6.07, 6.45) is 3.75. The van der Waals surface area contributed by atoms with Crippen LogP contribution >= 0.6 is 11.3 Å². The predicted molar refractivity (Wildman–Crippen MR) is 119 cm³/mol. The molecule has 8 heteroatoms. The fourth-order valence-electron chi connectivity index (χ4n) is 3.29. The van der Waals surface area contributed by atoms with Gasteiger partial charge in [-0.1, -0.05) is 18.4 Å². The van der Waals surface area contributed by atoms with Crippen LogP contribution in [-0.4, -0.2) is 31.5 Å². The molecule has 1 aliphatic rings. The number of hydrogen-bond acceptors (Lipinski definition) is 6. The van der Waals surface area contributed by atoms with Crippen LogP contribution in [0.4, 0.5) is 5.69 Å². The first kappa shape index (κ1) is 19.2. The lowest BCUT2D eigenvalue weighted by Gasteiger charge is -2.22. The van der Waals surface area contributed by atoms with Crippen LogP contribution in [0.25, 0.3) is 11.4 Å². The Morgan fingerprint density at radius 1 is 1.13 bits per heavy atom. The van der Waals surface area contributed by atoms with Crippen molar-refractivity contribution in [3.05, 3.63) is 75.7 Å². The first-order valence-corrected chi connectivity index (χ1v) is 10.9. The highest BCUT2D eigenvalue weighted by molar-refractivity contribution is 7.10. The van der Waals surface area contributed by atoms with Crippen LogP contribution in [0.1, 0.15) is 51.8 Å². The Morgan fingerprint density at radius 2 is 2.00 bits per heavy atom. The third-order valence-corrected chi connectivity index (χ3v) is 6.01. The van der Waals surface area contributed by atoms with Crippen molar-refractivity contribution in [2.75, 3.05) is 5.32 Å². The largest absolute Gasteiger partial charge is 0.322 e. The van der Waals surface area contributed by atoms with Crippen molar-refractivity contribution in [2.45, 2.75) is 25.2 Å². The van der Waals surface area contributed by atoms with Gasteiger partial charge in [-0.05, 0) is 66.4 Å². The summed E-state index contributed by atoms with van der Waals surface area (Å²) in [6, 6.07) is 14.5. The number of tetrazole rings is 1. The van der Waals surface area contributed by atoms with E-state index >= 15 is 0 Å². The number of hydrogen-bond donors (Lipinski definition) is 2. The minimum Gasteiger partial charge on any atom is -0.322 e. The second kappa shape index (κ2) is 8.50. The molecule has 0 bridgehead atoms. The standard InChI is InChI=1S/C23H18N6OS/c30-23(24-19-10-8-17(9-11-19)22-26-28-29-27-22)18-6-1-3-15(13-18)7-12-21-25-20(14-31-21)16-4-2-5-16/h1,3,6,8-11,13-14,16H,2,4-5H2,(H,24,30)(H,26,27,28,29). The third kappa shape index (κ3) is 4.37. The highest BCUT2D eigenvalue weighted by atomic mass is 32.1. The number of nitrogens with zero attached hydrogens (tertiary/aromatic N) is 4. The highest BCUT2D eigenvalue weighted by Gasteiger charge is 2.21. The number of amides is 1. The van der Waals surface area contributed by atoms with E-state index in [1.165, 1.54) is 25.0 Å². The molecule has 152 valence electrons. The van der Waals surface area contributed by atoms with Gasteiger partial charge in [-0.3, -0.25) is 4.79 Å². The van der Waals surface area contributed by atoms with Gasteiger partial charge in [-0.25, -0.2) is 4.98 Å². The zero-order valence-electron chi connectivity index (χ0n) is 16.5. The second-order valence-corrected chi connectivity index (χ2v) is 8.16. The van der Waals surface area contributed by atoms with Crippen molar-refractivity contribution in [1.29, 1.82) is 0 Å². The Morgan fingerprint density at radius 3 is 2.74 bits per heavy atom. The van der Waals surface area contributed by atoms with Crippen molar-refractivity contribution in [2.24, 2.45) is 0 Å². The van der Waals surface area contributed by atoms with Gasteiger partial charge in [-0.2, -0.15) is 5.21 Å². The van der Waals surface area contributed by atoms with Crippen LogP contribution in [0.3, 0.4) is 0 Å². The molecule has 1 saturated carbocycles. The number of thiazole rings is 1. The van der Waals surface area contributed by atoms with Gasteiger partial charge in [-0.15, -0.1) is 21.5 Å². The van der Waals surface area contributed by atoms with Crippen LogP contribution in [0.15, 0.2) is 53.9 Å². The van der Waals surface area contributed by atoms with Crippen molar-refractivity contribution in [3.8, 4) is 23.2 Å². The normalized spacial score (nSPS) is 13.2. The molecule has 5 rings (SSSR count). The maximum atomic E-state index is 12.7. The number of H-pyrrole nitrogens is 1. The molecule has 31 heavy (non-hydrogen) atoms. The van der Waals surface area contributed by atoms with Gasteiger partial charge in [0.25, 0.3) is 5.91 Å². The zero-order valence-corrected chi connectivity index (χ0v) is 17.3. The molecule has 0 unspecified atom stereocenters. The van der Waals surface area contributed by atoms with Gasteiger partial charge >= 0.3 is 0 Å². The van der Waals surface area contributed by atoms with Gasteiger partial charge in [0.15, 0.2) is 5.01 Å². The highest BCUT2D eigenvalue weighted by Crippen LogP contribution is 2.36. The van der Waals surface area contributed by atoms with Crippen LogP contribution in [0.2, 0.25) is 0 Å². The molecule has 1 fully saturated rings. The molecular weight excluding hydrogens is 408 g/mol. The van der Waals surface area contributed by atoms with Crippen molar-refractivity contribution in [3.63, 3.8) is 0 Å². The fourth-order valence-corrected chi connectivity index (χ4v) is 4.03. The lowest BCUT2D eigenvalue weighted by molar-refractivity contribution is 0.102. The van der Waals surface area contributed by atoms with Gasteiger partial charge in [0.2, 0.25) is 5.82 Å². The summed E-state index contributed by atoms with van der Waals surface area (Å²) in [4.78, 5) is 17.3. The van der Waals surface area contributed by atoms with Crippen molar-refractivity contribution in [1.82, 2.24) is 25.6 Å². The number of aromatic nitrogens is 5. The number of anilines is 1. The van der Waals surface area contributed by atoms with Crippen LogP contribution < -0.4 is 5.32 Å². The Kier molecular flexibility index (Phi) is 5.25. The number of aromatic amines is 1. The number of rotatable bonds is 4. The molecule has 1 aliphatic carbocycles. The minimum atomic E-state index is -0.197. The topological polar surface area (TPSA) is 96.5 Å². The Labute approximate surface area is 182 Å². The predicted octanol–water partition coefficient (Wildman–Crippen LogP) is 4.24. The molecule has 4 aromatic rings. The first-order valence-electron chi connectivity index (χ1n) is 9.97. The van der Waals surface area contributed by atoms with Gasteiger partial charge < -0.3 is 5.32 Å². The number of carbonyl (C=O) groups is 1. The zero-order chi connectivity index (χ0) is 21.0. The van der Waals surface area contributed by atoms with Gasteiger partial charge in [0, 0.05) is 33.7 Å². The summed E-state index contributed by atoms with van der Waals surface area (Å²) >= 11 is 1.58. The average molecular weight is 427 g/mol. The summed E-state index contributed by atoms with van der Waals surface area (Å²) in [7, 11) is 0. The molecule has 2 aromatic heterocycles. The average Bonchev–Trinajstić information content (AvgIpc) is 3.44. The monoisotopic (exact) mass is 426 g/mol. The van der Waals surface area contributed by atoms with Gasteiger partial charge in [0.05, 0.1) is 5.69 Å². The van der Waals surface area contributed by atoms with Crippen molar-refractivity contribution < 1.29 is 4.79 Å². The van der Waals surface area contributed by atoms with E-state index in [1.807, 2.05) is 24.3 Å². The summed E-state index contributed by atoms with van der Waals surface area (Å²) in [6.45, 7) is 0. The molecule has 2 aromatic carbocycles. The molecular formula is C23H18N6OS. The molecule has 1 amide bonds. The number of nitrogens with one attached hydrogen (secondary N) is 2. The third-order valence-electron chi connectivity index (χ3n) is 5.23.